The normalized spacial score (nSPS) is 11.7. The van der Waals surface area contributed by atoms with Gasteiger partial charge in [0, 0.05) is 0 Å². The molecule has 0 radical (unpaired) electrons. The summed E-state index contributed by atoms with van der Waals surface area (Å²) < 4.78 is 0. The zero-order valence-electron chi connectivity index (χ0n) is 40.5. The highest BCUT2D eigenvalue weighted by Crippen LogP contribution is 2.40. The average molecular weight is 743 g/mol. The van der Waals surface area contributed by atoms with Gasteiger partial charge in [0.15, 0.2) is 0 Å². The lowest BCUT2D eigenvalue weighted by Crippen LogP contribution is -2.55. The Hall–Kier alpha value is -3.90. The van der Waals surface area contributed by atoms with Gasteiger partial charge in [-0.3, -0.25) is 0 Å². The summed E-state index contributed by atoms with van der Waals surface area (Å²) in [5, 5.41) is 11.1. The number of fused-ring (bicyclic) bond motifs is 4. The lowest BCUT2D eigenvalue weighted by Gasteiger charge is -2.30. The monoisotopic (exact) mass is 747 g/mol. The molecule has 0 saturated heterocycles. The molecule has 0 aliphatic rings. The molecule has 0 heterocycles. The van der Waals surface area contributed by atoms with Gasteiger partial charge in [-0.15, -0.1) is 54.6 Å². The van der Waals surface area contributed by atoms with Crippen LogP contribution in [0.2, 0.25) is 0 Å². The fraction of sp³-hybridized carbons (Fsp3) is 0. The molecule has 0 aromatic heterocycles. The molecule has 0 aliphatic carbocycles. The van der Waals surface area contributed by atoms with Gasteiger partial charge in [0.05, 0.1) is 0 Å². The highest BCUT2D eigenvalue weighted by Gasteiger charge is 2.27. The van der Waals surface area contributed by atoms with E-state index >= 15 is 0 Å². The summed E-state index contributed by atoms with van der Waals surface area (Å²) in [7, 11) is 46.8. The molecule has 0 aliphatic heterocycles. The van der Waals surface area contributed by atoms with Gasteiger partial charge in [-0.1, -0.05) is 78.9 Å². The van der Waals surface area contributed by atoms with E-state index in [1.807, 2.05) is 0 Å². The highest BCUT2D eigenvalue weighted by molar-refractivity contribution is 6.75. The quantitative estimate of drug-likeness (QED) is 0.125. The minimum atomic E-state index is 1.28. The Bertz CT molecular complexity index is 3200. The van der Waals surface area contributed by atoms with Gasteiger partial charge in [0.1, 0.15) is 157 Å². The van der Waals surface area contributed by atoms with Gasteiger partial charge >= 0.3 is 0 Å². The van der Waals surface area contributed by atoms with Crippen molar-refractivity contribution in [1.82, 2.24) is 0 Å². The molecule has 8 aromatic rings. The molecule has 20 heteroatoms. The third kappa shape index (κ3) is 5.80. The summed E-state index contributed by atoms with van der Waals surface area (Å²) in [6.07, 6.45) is 0. The van der Waals surface area contributed by atoms with Gasteiger partial charge in [0.2, 0.25) is 0 Å². The van der Waals surface area contributed by atoms with E-state index in [-0.39, 0.29) is 0 Å². The van der Waals surface area contributed by atoms with Gasteiger partial charge in [-0.2, -0.15) is 0 Å². The van der Waals surface area contributed by atoms with Gasteiger partial charge in [0.25, 0.3) is 0 Å². The SMILES string of the molecule is Bc1c(B)c(B)c(-c2c3c(B)c(B)c(B)c(B)c3c(-c3ccc4cc(-c5c(B)c(B)c(B)c6c(B)c(B)c(B)c(B)c56)ccc4c3)c3c(B)c(B)c(B)c(B)c23)c(B)c1B. The van der Waals surface area contributed by atoms with E-state index in [9.17, 15) is 0 Å². The third-order valence-electron chi connectivity index (χ3n) is 16.9. The third-order valence-corrected chi connectivity index (χ3v) is 16.9. The Balaban J connectivity index is 1.52. The summed E-state index contributed by atoms with van der Waals surface area (Å²) in [6.45, 7) is 0. The lowest BCUT2D eigenvalue weighted by atomic mass is 9.56. The summed E-state index contributed by atoms with van der Waals surface area (Å²) in [4.78, 5) is 0. The predicted molar refractivity (Wildman–Crippen MR) is 336 cm³/mol. The van der Waals surface area contributed by atoms with Crippen molar-refractivity contribution in [2.75, 3.05) is 0 Å². The maximum atomic E-state index is 2.49. The first kappa shape index (κ1) is 42.8. The molecule has 0 atom stereocenters. The average Bonchev–Trinajstić information content (AvgIpc) is 3.23. The summed E-state index contributed by atoms with van der Waals surface area (Å²) in [5.41, 5.74) is 36.2. The summed E-state index contributed by atoms with van der Waals surface area (Å²) >= 11 is 0. The van der Waals surface area contributed by atoms with Gasteiger partial charge in [-0.25, -0.2) is 0 Å². The van der Waals surface area contributed by atoms with Crippen molar-refractivity contribution in [3.05, 3.63) is 36.4 Å². The Morgan fingerprint density at radius 2 is 0.417 bits per heavy atom. The van der Waals surface area contributed by atoms with Gasteiger partial charge < -0.3 is 0 Å². The van der Waals surface area contributed by atoms with E-state index in [1.165, 1.54) is 186 Å². The van der Waals surface area contributed by atoms with E-state index in [0.29, 0.717) is 0 Å². The first-order valence-electron chi connectivity index (χ1n) is 22.2. The zero-order chi connectivity index (χ0) is 43.9. The molecule has 8 aromatic carbocycles. The van der Waals surface area contributed by atoms with Crippen LogP contribution in [0.25, 0.3) is 76.5 Å². The second-order valence-electron chi connectivity index (χ2n) is 19.0. The minimum Gasteiger partial charge on any atom is -0.102 e. The maximum Gasteiger partial charge on any atom is 0.139 e. The van der Waals surface area contributed by atoms with Crippen LogP contribution in [0, 0.1) is 0 Å². The van der Waals surface area contributed by atoms with Crippen LogP contribution in [0.15, 0.2) is 36.4 Å². The van der Waals surface area contributed by atoms with Crippen LogP contribution in [0.3, 0.4) is 0 Å². The van der Waals surface area contributed by atoms with Crippen LogP contribution in [0.1, 0.15) is 0 Å². The fourth-order valence-corrected chi connectivity index (χ4v) is 11.4. The summed E-state index contributed by atoms with van der Waals surface area (Å²) in [6, 6.07) is 14.6. The lowest BCUT2D eigenvalue weighted by molar-refractivity contribution is 1.71. The molecule has 0 unspecified atom stereocenters. The van der Waals surface area contributed by atoms with Crippen molar-refractivity contribution in [1.29, 1.82) is 0 Å². The molecule has 60 heavy (non-hydrogen) atoms. The number of hydrogen-bond acceptors (Lipinski definition) is 0. The molecule has 266 valence electrons. The van der Waals surface area contributed by atoms with Crippen molar-refractivity contribution in [3.63, 3.8) is 0 Å². The highest BCUT2D eigenvalue weighted by atomic mass is 14.3. The fourth-order valence-electron chi connectivity index (χ4n) is 11.4. The van der Waals surface area contributed by atoms with Crippen LogP contribution in [0.5, 0.6) is 0 Å². The smallest absolute Gasteiger partial charge is 0.102 e. The first-order chi connectivity index (χ1) is 28.1. The van der Waals surface area contributed by atoms with Crippen LogP contribution in [0.4, 0.5) is 0 Å². The van der Waals surface area contributed by atoms with Crippen molar-refractivity contribution in [2.24, 2.45) is 0 Å². The standard InChI is InChI=1S/C40H46B20/c41-21-12(16-20(29(49)31(21)51)30(50)37(57)34(54)24(16)44)10-4-2-7-5-9(3-1-8(7)6-10)11-14-17(25(45)35(55)32(52)22(14)42)13(18-15(11)23(43)33(53)36(56)26(18)46)19-27(47)38(58)40(60)39(59)28(19)48/h1-6H,41-60H2. The Morgan fingerprint density at radius 3 is 0.783 bits per heavy atom. The molecule has 0 nitrogen and oxygen atoms in total. The molecular formula is C40H46B20. The van der Waals surface area contributed by atoms with E-state index < -0.39 is 0 Å². The second-order valence-corrected chi connectivity index (χ2v) is 19.0. The van der Waals surface area contributed by atoms with E-state index in [1.54, 1.807) is 0 Å². The van der Waals surface area contributed by atoms with Crippen LogP contribution < -0.4 is 109 Å². The van der Waals surface area contributed by atoms with Crippen molar-refractivity contribution in [3.8, 4) is 33.4 Å². The Kier molecular flexibility index (Phi) is 10.6. The number of hydrogen-bond donors (Lipinski definition) is 0. The molecule has 0 N–H and O–H groups in total. The molecule has 8 rings (SSSR count). The van der Waals surface area contributed by atoms with E-state index in [0.717, 1.165) is 0 Å². The van der Waals surface area contributed by atoms with Crippen LogP contribution in [-0.2, 0) is 0 Å². The molecule has 0 saturated carbocycles. The van der Waals surface area contributed by atoms with Crippen LogP contribution >= 0.6 is 0 Å². The summed E-state index contributed by atoms with van der Waals surface area (Å²) in [5.74, 6) is 0. The molecule has 0 bridgehead atoms. The van der Waals surface area contributed by atoms with Crippen molar-refractivity contribution >= 4 is 309 Å². The first-order valence-corrected chi connectivity index (χ1v) is 22.2. The largest absolute Gasteiger partial charge is 0.139 e. The molecular weight excluding hydrogens is 697 g/mol. The molecule has 0 spiro atoms. The van der Waals surface area contributed by atoms with E-state index in [2.05, 4.69) is 193 Å². The maximum absolute atomic E-state index is 2.49. The molecule has 0 fully saturated rings. The van der Waals surface area contributed by atoms with Crippen molar-refractivity contribution in [2.45, 2.75) is 0 Å². The Morgan fingerprint density at radius 1 is 0.183 bits per heavy atom. The zero-order valence-corrected chi connectivity index (χ0v) is 40.5. The van der Waals surface area contributed by atoms with Gasteiger partial charge in [-0.05, 0) is 88.6 Å². The second kappa shape index (κ2) is 14.9. The van der Waals surface area contributed by atoms with Crippen LogP contribution in [-0.4, -0.2) is 157 Å². The topological polar surface area (TPSA) is 0 Å². The minimum absolute atomic E-state index is 1.28. The number of rotatable bonds is 3. The predicted octanol–water partition coefficient (Wildman–Crippen LogP) is -23.5. The Labute approximate surface area is 376 Å². The van der Waals surface area contributed by atoms with Crippen molar-refractivity contribution < 1.29 is 0 Å². The number of benzene rings is 8. The molecule has 0 amide bonds. The van der Waals surface area contributed by atoms with E-state index in [4.69, 9.17) is 0 Å².